The third-order valence-corrected chi connectivity index (χ3v) is 3.25. The van der Waals surface area contributed by atoms with Crippen LogP contribution in [0.4, 0.5) is 0 Å². The molecule has 2 rings (SSSR count). The summed E-state index contributed by atoms with van der Waals surface area (Å²) in [5, 5.41) is 16.4. The van der Waals surface area contributed by atoms with Crippen molar-refractivity contribution in [3.8, 4) is 5.69 Å². The number of aliphatic carboxylic acids is 1. The van der Waals surface area contributed by atoms with E-state index < -0.39 is 5.97 Å². The summed E-state index contributed by atoms with van der Waals surface area (Å²) in [6, 6.07) is 5.57. The van der Waals surface area contributed by atoms with Crippen molar-refractivity contribution in [1.29, 1.82) is 0 Å². The second-order valence-corrected chi connectivity index (χ2v) is 5.07. The van der Waals surface area contributed by atoms with Crippen molar-refractivity contribution in [2.24, 2.45) is 0 Å². The number of halogens is 2. The molecule has 0 fully saturated rings. The molecular weight excluding hydrogens is 354 g/mol. The van der Waals surface area contributed by atoms with Crippen LogP contribution in [0.25, 0.3) is 5.69 Å². The van der Waals surface area contributed by atoms with Crippen LogP contribution < -0.4 is 0 Å². The Balaban J connectivity index is 2.49. The average molecular weight is 361 g/mol. The van der Waals surface area contributed by atoms with E-state index in [4.69, 9.17) is 5.11 Å². The van der Waals surface area contributed by atoms with Gasteiger partial charge in [-0.05, 0) is 34.1 Å². The molecule has 0 aliphatic rings. The molecule has 0 atom stereocenters. The highest BCUT2D eigenvalue weighted by Crippen LogP contribution is 2.25. The maximum absolute atomic E-state index is 10.7. The van der Waals surface area contributed by atoms with E-state index in [1.54, 1.807) is 0 Å². The standard InChI is InChI=1S/C10H7Br2N3O2/c11-6-1-2-8(12)9(3-6)15-7(4-10(16)17)5-13-14-15/h1-3,5H,4H2,(H,16,17). The van der Waals surface area contributed by atoms with Crippen molar-refractivity contribution in [3.05, 3.63) is 39.0 Å². The molecule has 1 heterocycles. The molecule has 5 nitrogen and oxygen atoms in total. The van der Waals surface area contributed by atoms with E-state index in [0.717, 1.165) is 14.6 Å². The topological polar surface area (TPSA) is 68.0 Å². The van der Waals surface area contributed by atoms with Crippen molar-refractivity contribution >= 4 is 37.8 Å². The number of hydrogen-bond donors (Lipinski definition) is 1. The zero-order valence-electron chi connectivity index (χ0n) is 8.47. The zero-order chi connectivity index (χ0) is 12.4. The van der Waals surface area contributed by atoms with E-state index in [1.807, 2.05) is 18.2 Å². The van der Waals surface area contributed by atoms with Gasteiger partial charge in [0.1, 0.15) is 0 Å². The number of benzene rings is 1. The van der Waals surface area contributed by atoms with Gasteiger partial charge < -0.3 is 5.11 Å². The molecule has 7 heteroatoms. The van der Waals surface area contributed by atoms with Crippen LogP contribution >= 0.6 is 31.9 Å². The fourth-order valence-electron chi connectivity index (χ4n) is 1.38. The van der Waals surface area contributed by atoms with Crippen molar-refractivity contribution in [1.82, 2.24) is 15.0 Å². The summed E-state index contributed by atoms with van der Waals surface area (Å²) in [6.45, 7) is 0. The first-order chi connectivity index (χ1) is 8.08. The molecule has 88 valence electrons. The van der Waals surface area contributed by atoms with Gasteiger partial charge in [-0.25, -0.2) is 4.68 Å². The molecule has 0 radical (unpaired) electrons. The third kappa shape index (κ3) is 2.73. The van der Waals surface area contributed by atoms with Crippen LogP contribution in [-0.4, -0.2) is 26.1 Å². The summed E-state index contributed by atoms with van der Waals surface area (Å²) < 4.78 is 3.20. The molecule has 0 bridgehead atoms. The van der Waals surface area contributed by atoms with Crippen molar-refractivity contribution in [2.45, 2.75) is 6.42 Å². The summed E-state index contributed by atoms with van der Waals surface area (Å²) in [7, 11) is 0. The van der Waals surface area contributed by atoms with Gasteiger partial charge in [0.25, 0.3) is 0 Å². The fourth-order valence-corrected chi connectivity index (χ4v) is 2.15. The van der Waals surface area contributed by atoms with Crippen LogP contribution in [-0.2, 0) is 11.2 Å². The van der Waals surface area contributed by atoms with E-state index in [-0.39, 0.29) is 6.42 Å². The van der Waals surface area contributed by atoms with Gasteiger partial charge in [-0.2, -0.15) is 0 Å². The monoisotopic (exact) mass is 359 g/mol. The molecule has 1 aromatic carbocycles. The Kier molecular flexibility index (Phi) is 3.58. The smallest absolute Gasteiger partial charge is 0.309 e. The largest absolute Gasteiger partial charge is 0.481 e. The SMILES string of the molecule is O=C(O)Cc1cnnn1-c1cc(Br)ccc1Br. The lowest BCUT2D eigenvalue weighted by atomic mass is 10.3. The quantitative estimate of drug-likeness (QED) is 0.912. The lowest BCUT2D eigenvalue weighted by Crippen LogP contribution is -2.08. The highest BCUT2D eigenvalue weighted by molar-refractivity contribution is 9.11. The van der Waals surface area contributed by atoms with Crippen LogP contribution in [0.5, 0.6) is 0 Å². The average Bonchev–Trinajstić information content (AvgIpc) is 2.69. The summed E-state index contributed by atoms with van der Waals surface area (Å²) in [5.41, 5.74) is 1.27. The number of rotatable bonds is 3. The number of carboxylic acid groups (broad SMARTS) is 1. The number of carbonyl (C=O) groups is 1. The maximum atomic E-state index is 10.7. The number of carboxylic acids is 1. The van der Waals surface area contributed by atoms with Gasteiger partial charge in [0, 0.05) is 8.95 Å². The van der Waals surface area contributed by atoms with E-state index in [2.05, 4.69) is 42.2 Å². The predicted molar refractivity (Wildman–Crippen MR) is 68.1 cm³/mol. The van der Waals surface area contributed by atoms with Crippen molar-refractivity contribution in [3.63, 3.8) is 0 Å². The van der Waals surface area contributed by atoms with Gasteiger partial charge in [-0.1, -0.05) is 21.1 Å². The Hall–Kier alpha value is -1.21. The number of aromatic nitrogens is 3. The van der Waals surface area contributed by atoms with Crippen LogP contribution in [0.15, 0.2) is 33.3 Å². The molecule has 1 N–H and O–H groups in total. The number of hydrogen-bond acceptors (Lipinski definition) is 3. The molecule has 2 aromatic rings. The molecule has 0 spiro atoms. The molecule has 17 heavy (non-hydrogen) atoms. The lowest BCUT2D eigenvalue weighted by molar-refractivity contribution is -0.136. The van der Waals surface area contributed by atoms with E-state index in [9.17, 15) is 4.79 Å². The molecule has 0 amide bonds. The summed E-state index contributed by atoms with van der Waals surface area (Å²) >= 11 is 6.75. The molecule has 0 saturated carbocycles. The Morgan fingerprint density at radius 1 is 1.41 bits per heavy atom. The third-order valence-electron chi connectivity index (χ3n) is 2.09. The first-order valence-electron chi connectivity index (χ1n) is 4.64. The highest BCUT2D eigenvalue weighted by Gasteiger charge is 2.12. The van der Waals surface area contributed by atoms with E-state index in [1.165, 1.54) is 10.9 Å². The second kappa shape index (κ2) is 4.97. The van der Waals surface area contributed by atoms with Gasteiger partial charge in [-0.15, -0.1) is 5.10 Å². The molecule has 0 aliphatic heterocycles. The van der Waals surface area contributed by atoms with Gasteiger partial charge in [0.15, 0.2) is 0 Å². The first-order valence-corrected chi connectivity index (χ1v) is 6.23. The van der Waals surface area contributed by atoms with E-state index >= 15 is 0 Å². The van der Waals surface area contributed by atoms with E-state index in [0.29, 0.717) is 5.69 Å². The van der Waals surface area contributed by atoms with Crippen LogP contribution in [0.3, 0.4) is 0 Å². The molecule has 0 unspecified atom stereocenters. The van der Waals surface area contributed by atoms with Crippen LogP contribution in [0.2, 0.25) is 0 Å². The fraction of sp³-hybridized carbons (Fsp3) is 0.100. The van der Waals surface area contributed by atoms with Gasteiger partial charge in [0.05, 0.1) is 24.0 Å². The summed E-state index contributed by atoms with van der Waals surface area (Å²) in [5.74, 6) is -0.917. The highest BCUT2D eigenvalue weighted by atomic mass is 79.9. The summed E-state index contributed by atoms with van der Waals surface area (Å²) in [4.78, 5) is 10.7. The number of nitrogens with zero attached hydrogens (tertiary/aromatic N) is 3. The Morgan fingerprint density at radius 3 is 2.88 bits per heavy atom. The summed E-state index contributed by atoms with van der Waals surface area (Å²) in [6.07, 6.45) is 1.33. The van der Waals surface area contributed by atoms with Crippen LogP contribution in [0.1, 0.15) is 5.69 Å². The molecule has 1 aromatic heterocycles. The van der Waals surface area contributed by atoms with Crippen molar-refractivity contribution < 1.29 is 9.90 Å². The molecular formula is C10H7Br2N3O2. The Bertz CT molecular complexity index is 568. The normalized spacial score (nSPS) is 10.5. The minimum Gasteiger partial charge on any atom is -0.481 e. The maximum Gasteiger partial charge on any atom is 0.309 e. The molecule has 0 aliphatic carbocycles. The first kappa shape index (κ1) is 12.3. The van der Waals surface area contributed by atoms with Crippen LogP contribution in [0, 0.1) is 0 Å². The lowest BCUT2D eigenvalue weighted by Gasteiger charge is -2.07. The molecule has 0 saturated heterocycles. The van der Waals surface area contributed by atoms with Gasteiger partial charge in [-0.3, -0.25) is 4.79 Å². The van der Waals surface area contributed by atoms with Gasteiger partial charge in [0.2, 0.25) is 0 Å². The van der Waals surface area contributed by atoms with Gasteiger partial charge >= 0.3 is 5.97 Å². The minimum absolute atomic E-state index is 0.119. The second-order valence-electron chi connectivity index (χ2n) is 3.30. The Morgan fingerprint density at radius 2 is 2.18 bits per heavy atom. The zero-order valence-corrected chi connectivity index (χ0v) is 11.6. The predicted octanol–water partition coefficient (Wildman–Crippen LogP) is 2.42. The van der Waals surface area contributed by atoms with Crippen molar-refractivity contribution in [2.75, 3.05) is 0 Å². The Labute approximate surface area is 114 Å². The minimum atomic E-state index is -0.917.